The van der Waals surface area contributed by atoms with Gasteiger partial charge in [-0.2, -0.15) is 0 Å². The molecule has 1 aliphatic rings. The minimum absolute atomic E-state index is 0.0975. The number of carbonyl (C=O) groups excluding carboxylic acids is 1. The van der Waals surface area contributed by atoms with E-state index in [-0.39, 0.29) is 16.9 Å². The number of amides is 1. The zero-order valence-electron chi connectivity index (χ0n) is 14.7. The zero-order valence-corrected chi connectivity index (χ0v) is 14.7. The first-order chi connectivity index (χ1) is 10.8. The van der Waals surface area contributed by atoms with Crippen LogP contribution in [0.25, 0.3) is 0 Å². The summed E-state index contributed by atoms with van der Waals surface area (Å²) in [6.45, 7) is 10.4. The van der Waals surface area contributed by atoms with Crippen LogP contribution in [0.2, 0.25) is 0 Å². The first-order valence-electron chi connectivity index (χ1n) is 8.23. The highest BCUT2D eigenvalue weighted by molar-refractivity contribution is 5.95. The highest BCUT2D eigenvalue weighted by Crippen LogP contribution is 2.50. The van der Waals surface area contributed by atoms with Crippen molar-refractivity contribution in [3.63, 3.8) is 0 Å². The van der Waals surface area contributed by atoms with Crippen LogP contribution in [0.15, 0.2) is 48.5 Å². The second-order valence-electron chi connectivity index (χ2n) is 7.56. The molecule has 23 heavy (non-hydrogen) atoms. The van der Waals surface area contributed by atoms with Gasteiger partial charge in [-0.25, -0.2) is 0 Å². The minimum Gasteiger partial charge on any atom is -0.307 e. The van der Waals surface area contributed by atoms with E-state index in [9.17, 15) is 4.79 Å². The van der Waals surface area contributed by atoms with Crippen LogP contribution in [-0.2, 0) is 10.2 Å². The van der Waals surface area contributed by atoms with E-state index in [1.807, 2.05) is 11.0 Å². The maximum atomic E-state index is 12.3. The number of aryl methyl sites for hydroxylation is 1. The van der Waals surface area contributed by atoms with Crippen LogP contribution in [-0.4, -0.2) is 11.4 Å². The lowest BCUT2D eigenvalue weighted by Gasteiger charge is -2.51. The summed E-state index contributed by atoms with van der Waals surface area (Å²) in [6.07, 6.45) is 0.902. The fourth-order valence-corrected chi connectivity index (χ4v) is 4.28. The normalized spacial score (nSPS) is 22.6. The summed E-state index contributed by atoms with van der Waals surface area (Å²) >= 11 is 0. The summed E-state index contributed by atoms with van der Waals surface area (Å²) in [5.74, 6) is 0.105. The van der Waals surface area contributed by atoms with Gasteiger partial charge in [0.2, 0.25) is 5.91 Å². The third-order valence-electron chi connectivity index (χ3n) is 5.13. The molecule has 2 nitrogen and oxygen atoms in total. The van der Waals surface area contributed by atoms with E-state index in [2.05, 4.69) is 70.2 Å². The lowest BCUT2D eigenvalue weighted by Crippen LogP contribution is -2.55. The van der Waals surface area contributed by atoms with Crippen molar-refractivity contribution in [2.24, 2.45) is 0 Å². The Labute approximate surface area is 139 Å². The van der Waals surface area contributed by atoms with Gasteiger partial charge in [0.05, 0.1) is 0 Å². The van der Waals surface area contributed by atoms with Crippen LogP contribution in [0.4, 0.5) is 5.69 Å². The van der Waals surface area contributed by atoms with Gasteiger partial charge in [0, 0.05) is 23.6 Å². The summed E-state index contributed by atoms with van der Waals surface area (Å²) in [5, 5.41) is 0. The molecule has 0 saturated carbocycles. The summed E-state index contributed by atoms with van der Waals surface area (Å²) in [5.41, 5.74) is 4.54. The molecule has 0 unspecified atom stereocenters. The van der Waals surface area contributed by atoms with Gasteiger partial charge in [0.25, 0.3) is 0 Å². The van der Waals surface area contributed by atoms with Crippen LogP contribution < -0.4 is 4.90 Å². The molecule has 2 aromatic rings. The Hall–Kier alpha value is -2.09. The predicted octanol–water partition coefficient (Wildman–Crippen LogP) is 4.84. The molecule has 1 heterocycles. The van der Waals surface area contributed by atoms with Crippen LogP contribution in [0.5, 0.6) is 0 Å². The number of benzene rings is 2. The molecule has 3 rings (SSSR count). The van der Waals surface area contributed by atoms with E-state index < -0.39 is 0 Å². The fourth-order valence-electron chi connectivity index (χ4n) is 4.28. The molecule has 0 saturated heterocycles. The van der Waals surface area contributed by atoms with Gasteiger partial charge in [0.1, 0.15) is 0 Å². The molecule has 1 atom stereocenters. The van der Waals surface area contributed by atoms with E-state index in [0.717, 1.165) is 12.1 Å². The van der Waals surface area contributed by atoms with Gasteiger partial charge in [0.15, 0.2) is 0 Å². The Balaban J connectivity index is 2.25. The van der Waals surface area contributed by atoms with Crippen LogP contribution in [0.1, 0.15) is 50.8 Å². The molecule has 1 amide bonds. The lowest BCUT2D eigenvalue weighted by atomic mass is 9.65. The molecular weight excluding hydrogens is 282 g/mol. The van der Waals surface area contributed by atoms with Crippen molar-refractivity contribution in [2.75, 3.05) is 4.90 Å². The number of carbonyl (C=O) groups is 1. The van der Waals surface area contributed by atoms with Gasteiger partial charge >= 0.3 is 0 Å². The second kappa shape index (κ2) is 5.23. The van der Waals surface area contributed by atoms with E-state index in [1.54, 1.807) is 6.92 Å². The van der Waals surface area contributed by atoms with Gasteiger partial charge in [-0.15, -0.1) is 0 Å². The average Bonchev–Trinajstić information content (AvgIpc) is 2.46. The Bertz CT molecular complexity index is 745. The molecule has 0 spiro atoms. The third-order valence-corrected chi connectivity index (χ3v) is 5.13. The van der Waals surface area contributed by atoms with Crippen molar-refractivity contribution < 1.29 is 4.79 Å². The maximum absolute atomic E-state index is 12.3. The van der Waals surface area contributed by atoms with Crippen molar-refractivity contribution in [3.05, 3.63) is 65.2 Å². The fraction of sp³-hybridized carbons (Fsp3) is 0.381. The quantitative estimate of drug-likeness (QED) is 0.738. The van der Waals surface area contributed by atoms with Gasteiger partial charge in [-0.1, -0.05) is 55.0 Å². The summed E-state index contributed by atoms with van der Waals surface area (Å²) in [7, 11) is 0. The minimum atomic E-state index is -0.222. The monoisotopic (exact) mass is 307 g/mol. The summed E-state index contributed by atoms with van der Waals surface area (Å²) < 4.78 is 0. The molecular formula is C21H25NO. The van der Waals surface area contributed by atoms with Crippen LogP contribution in [0.3, 0.4) is 0 Å². The number of hydrogen-bond acceptors (Lipinski definition) is 1. The van der Waals surface area contributed by atoms with E-state index in [0.29, 0.717) is 0 Å². The standard InChI is InChI=1S/C21H25NO/c1-15-10-12-17(13-11-15)21(5)14-20(3,4)22(16(2)23)19-9-7-6-8-18(19)21/h6-13H,14H2,1-5H3/t21-/m1/s1. The van der Waals surface area contributed by atoms with E-state index in [4.69, 9.17) is 0 Å². The Morgan fingerprint density at radius 1 is 1.00 bits per heavy atom. The highest BCUT2D eigenvalue weighted by Gasteiger charge is 2.46. The molecule has 2 aromatic carbocycles. The number of nitrogens with zero attached hydrogens (tertiary/aromatic N) is 1. The smallest absolute Gasteiger partial charge is 0.224 e. The van der Waals surface area contributed by atoms with Crippen molar-refractivity contribution in [1.82, 2.24) is 0 Å². The maximum Gasteiger partial charge on any atom is 0.224 e. The Morgan fingerprint density at radius 2 is 1.61 bits per heavy atom. The summed E-state index contributed by atoms with van der Waals surface area (Å²) in [6, 6.07) is 17.1. The van der Waals surface area contributed by atoms with Crippen LogP contribution >= 0.6 is 0 Å². The third kappa shape index (κ3) is 2.46. The Kier molecular flexibility index (Phi) is 3.59. The molecule has 1 aliphatic heterocycles. The largest absolute Gasteiger partial charge is 0.307 e. The molecule has 0 bridgehead atoms. The topological polar surface area (TPSA) is 20.3 Å². The number of fused-ring (bicyclic) bond motifs is 1. The number of rotatable bonds is 1. The van der Waals surface area contributed by atoms with E-state index >= 15 is 0 Å². The molecule has 0 N–H and O–H groups in total. The Morgan fingerprint density at radius 3 is 2.22 bits per heavy atom. The number of hydrogen-bond donors (Lipinski definition) is 0. The van der Waals surface area contributed by atoms with Crippen molar-refractivity contribution in [2.45, 2.75) is 52.0 Å². The van der Waals surface area contributed by atoms with E-state index in [1.165, 1.54) is 16.7 Å². The first-order valence-corrected chi connectivity index (χ1v) is 8.23. The molecule has 0 fully saturated rings. The van der Waals surface area contributed by atoms with Gasteiger partial charge < -0.3 is 4.90 Å². The van der Waals surface area contributed by atoms with Gasteiger partial charge in [-0.3, -0.25) is 4.79 Å². The molecule has 0 aliphatic carbocycles. The molecule has 0 radical (unpaired) electrons. The van der Waals surface area contributed by atoms with Crippen molar-refractivity contribution >= 4 is 11.6 Å². The second-order valence-corrected chi connectivity index (χ2v) is 7.56. The number of anilines is 1. The molecule has 2 heteroatoms. The average molecular weight is 307 g/mol. The SMILES string of the molecule is CC(=O)N1c2ccccc2[C@@](C)(c2ccc(C)cc2)CC1(C)C. The van der Waals surface area contributed by atoms with Crippen molar-refractivity contribution in [1.29, 1.82) is 0 Å². The number of para-hydroxylation sites is 1. The molecule has 120 valence electrons. The lowest BCUT2D eigenvalue weighted by molar-refractivity contribution is -0.117. The zero-order chi connectivity index (χ0) is 16.8. The van der Waals surface area contributed by atoms with Crippen LogP contribution in [0, 0.1) is 6.92 Å². The summed E-state index contributed by atoms with van der Waals surface area (Å²) in [4.78, 5) is 14.3. The predicted molar refractivity (Wildman–Crippen MR) is 95.9 cm³/mol. The highest BCUT2D eigenvalue weighted by atomic mass is 16.2. The van der Waals surface area contributed by atoms with Gasteiger partial charge in [-0.05, 0) is 44.4 Å². The van der Waals surface area contributed by atoms with Crippen molar-refractivity contribution in [3.8, 4) is 0 Å². The molecule has 0 aromatic heterocycles. The first kappa shape index (κ1) is 15.8.